The molecule has 11 nitrogen and oxygen atoms in total. The highest BCUT2D eigenvalue weighted by atomic mass is 19.1. The minimum absolute atomic E-state index is 0.153. The molecule has 9 rings (SSSR count). The van der Waals surface area contributed by atoms with Crippen LogP contribution in [-0.4, -0.2) is 77.0 Å². The molecule has 3 aliphatic rings. The Morgan fingerprint density at radius 1 is 0.857 bits per heavy atom. The number of aromatic nitrogens is 3. The number of rotatable bonds is 10. The van der Waals surface area contributed by atoms with Crippen LogP contribution in [0, 0.1) is 24.5 Å². The van der Waals surface area contributed by atoms with Crippen molar-refractivity contribution in [3.8, 4) is 22.5 Å². The molecule has 3 N–H and O–H groups in total. The summed E-state index contributed by atoms with van der Waals surface area (Å²) in [4.78, 5) is 56.1. The molecule has 2 aromatic heterocycles. The maximum Gasteiger partial charge on any atom is 0.328 e. The van der Waals surface area contributed by atoms with Crippen molar-refractivity contribution in [1.29, 1.82) is 0 Å². The first kappa shape index (κ1) is 41.6. The number of urea groups is 1. The van der Waals surface area contributed by atoms with E-state index in [9.17, 15) is 18.8 Å². The topological polar surface area (TPSA) is 127 Å². The van der Waals surface area contributed by atoms with E-state index in [1.807, 2.05) is 18.2 Å². The number of allylic oxidation sites excluding steroid dienone is 1. The molecular formula is C50H50F2N8O3. The molecule has 0 unspecified atom stereocenters. The zero-order chi connectivity index (χ0) is 43.8. The van der Waals surface area contributed by atoms with Crippen LogP contribution in [0.2, 0.25) is 0 Å². The second-order valence-corrected chi connectivity index (χ2v) is 17.1. The molecule has 0 radical (unpaired) electrons. The van der Waals surface area contributed by atoms with Crippen LogP contribution in [0.5, 0.6) is 0 Å². The minimum atomic E-state index is -0.687. The third-order valence-electron chi connectivity index (χ3n) is 13.0. The summed E-state index contributed by atoms with van der Waals surface area (Å²) in [6.45, 7) is 13.1. The number of piperidine rings is 2. The standard InChI is InChI=1S/C50H50F2N8O3/c1-30(2)36-8-13-40(43(52)24-36)49(62)56-44-26-37(51)25-41(31(44)3)47-42-27-45(55-48(42)54-29-53-47)35-6-4-33(5-7-35)34-16-19-58(20-17-34)28-32-14-21-59(22-15-32)38-9-11-39(12-10-38)60-23-18-46(61)57-50(60)63/h4-13,24-27,29,32,34H,1,14-23,28H2,2-3H3,(H,56,62)(H,53,54,55)(H,57,61,63). The van der Waals surface area contributed by atoms with E-state index in [2.05, 4.69) is 78.4 Å². The Morgan fingerprint density at radius 2 is 1.59 bits per heavy atom. The Labute approximate surface area is 365 Å². The smallest absolute Gasteiger partial charge is 0.328 e. The summed E-state index contributed by atoms with van der Waals surface area (Å²) in [7, 11) is 0. The molecule has 0 bridgehead atoms. The fourth-order valence-corrected chi connectivity index (χ4v) is 9.30. The molecular weight excluding hydrogens is 799 g/mol. The highest BCUT2D eigenvalue weighted by molar-refractivity contribution is 6.06. The predicted molar refractivity (Wildman–Crippen MR) is 244 cm³/mol. The van der Waals surface area contributed by atoms with E-state index in [1.54, 1.807) is 24.8 Å². The van der Waals surface area contributed by atoms with Crippen LogP contribution in [0.25, 0.3) is 39.1 Å². The molecule has 13 heteroatoms. The molecule has 4 amide bonds. The van der Waals surface area contributed by atoms with Gasteiger partial charge in [-0.05, 0) is 141 Å². The number of halogens is 2. The van der Waals surface area contributed by atoms with Crippen molar-refractivity contribution in [2.75, 3.05) is 54.4 Å². The first-order valence-corrected chi connectivity index (χ1v) is 21.7. The lowest BCUT2D eigenvalue weighted by molar-refractivity contribution is -0.120. The number of fused-ring (bicyclic) bond motifs is 1. The van der Waals surface area contributed by atoms with Gasteiger partial charge in [0.05, 0.1) is 11.3 Å². The molecule has 0 saturated carbocycles. The molecule has 0 spiro atoms. The molecule has 63 heavy (non-hydrogen) atoms. The van der Waals surface area contributed by atoms with E-state index in [-0.39, 0.29) is 23.2 Å². The van der Waals surface area contributed by atoms with Crippen molar-refractivity contribution < 1.29 is 23.2 Å². The molecule has 3 fully saturated rings. The van der Waals surface area contributed by atoms with Crippen molar-refractivity contribution in [2.24, 2.45) is 5.92 Å². The largest absolute Gasteiger partial charge is 0.372 e. The van der Waals surface area contributed by atoms with Gasteiger partial charge in [0.15, 0.2) is 0 Å². The summed E-state index contributed by atoms with van der Waals surface area (Å²) < 4.78 is 30.1. The Bertz CT molecular complexity index is 2720. The summed E-state index contributed by atoms with van der Waals surface area (Å²) in [5.41, 5.74) is 8.68. The average molecular weight is 849 g/mol. The van der Waals surface area contributed by atoms with Crippen LogP contribution in [-0.2, 0) is 4.79 Å². The van der Waals surface area contributed by atoms with Crippen LogP contribution in [0.3, 0.4) is 0 Å². The van der Waals surface area contributed by atoms with E-state index in [0.29, 0.717) is 63.8 Å². The average Bonchev–Trinajstić information content (AvgIpc) is 3.73. The van der Waals surface area contributed by atoms with Gasteiger partial charge in [0.2, 0.25) is 5.91 Å². The lowest BCUT2D eigenvalue weighted by Crippen LogP contribution is -2.49. The molecule has 322 valence electrons. The van der Waals surface area contributed by atoms with Gasteiger partial charge < -0.3 is 20.1 Å². The summed E-state index contributed by atoms with van der Waals surface area (Å²) in [6.07, 6.45) is 6.28. The van der Waals surface area contributed by atoms with E-state index in [0.717, 1.165) is 75.4 Å². The van der Waals surface area contributed by atoms with Gasteiger partial charge in [-0.25, -0.2) is 23.5 Å². The number of nitrogens with one attached hydrogen (secondary N) is 3. The third-order valence-corrected chi connectivity index (χ3v) is 13.0. The number of nitrogens with zero attached hydrogens (tertiary/aromatic N) is 5. The Morgan fingerprint density at radius 3 is 2.29 bits per heavy atom. The van der Waals surface area contributed by atoms with Crippen molar-refractivity contribution >= 4 is 51.5 Å². The fourth-order valence-electron chi connectivity index (χ4n) is 9.30. The highest BCUT2D eigenvalue weighted by Crippen LogP contribution is 2.37. The van der Waals surface area contributed by atoms with Gasteiger partial charge >= 0.3 is 6.03 Å². The number of amides is 4. The summed E-state index contributed by atoms with van der Waals surface area (Å²) in [6, 6.07) is 25.3. The van der Waals surface area contributed by atoms with E-state index in [1.165, 1.54) is 41.8 Å². The number of H-pyrrole nitrogens is 1. The van der Waals surface area contributed by atoms with Gasteiger partial charge in [-0.3, -0.25) is 19.8 Å². The molecule has 4 aromatic carbocycles. The van der Waals surface area contributed by atoms with Crippen molar-refractivity contribution in [3.05, 3.63) is 132 Å². The zero-order valence-corrected chi connectivity index (χ0v) is 35.5. The molecule has 0 atom stereocenters. The van der Waals surface area contributed by atoms with Gasteiger partial charge in [-0.15, -0.1) is 0 Å². The number of hydrogen-bond donors (Lipinski definition) is 3. The first-order chi connectivity index (χ1) is 30.5. The van der Waals surface area contributed by atoms with Crippen LogP contribution in [0.4, 0.5) is 30.6 Å². The van der Waals surface area contributed by atoms with Crippen LogP contribution in [0.15, 0.2) is 97.8 Å². The maximum absolute atomic E-state index is 15.2. The number of carbonyl (C=O) groups is 3. The van der Waals surface area contributed by atoms with Crippen molar-refractivity contribution in [3.63, 3.8) is 0 Å². The second kappa shape index (κ2) is 17.6. The lowest BCUT2D eigenvalue weighted by Gasteiger charge is -2.38. The number of aromatic amines is 1. The Hall–Kier alpha value is -6.73. The van der Waals surface area contributed by atoms with Crippen molar-refractivity contribution in [1.82, 2.24) is 25.2 Å². The number of imide groups is 1. The van der Waals surface area contributed by atoms with E-state index < -0.39 is 17.5 Å². The van der Waals surface area contributed by atoms with Gasteiger partial charge in [0.25, 0.3) is 5.91 Å². The highest BCUT2D eigenvalue weighted by Gasteiger charge is 2.28. The number of benzene rings is 4. The second-order valence-electron chi connectivity index (χ2n) is 17.1. The van der Waals surface area contributed by atoms with Gasteiger partial charge in [0.1, 0.15) is 23.6 Å². The number of likely N-dealkylation sites (tertiary alicyclic amines) is 1. The van der Waals surface area contributed by atoms with E-state index >= 15 is 4.39 Å². The van der Waals surface area contributed by atoms with Crippen molar-refractivity contribution in [2.45, 2.75) is 51.9 Å². The third kappa shape index (κ3) is 8.83. The van der Waals surface area contributed by atoms with Gasteiger partial charge in [0, 0.05) is 66.3 Å². The maximum atomic E-state index is 15.2. The monoisotopic (exact) mass is 848 g/mol. The van der Waals surface area contributed by atoms with Crippen LogP contribution in [0.1, 0.15) is 72.0 Å². The molecule has 5 heterocycles. The number of hydrogen-bond acceptors (Lipinski definition) is 7. The molecule has 0 aliphatic carbocycles. The number of anilines is 3. The summed E-state index contributed by atoms with van der Waals surface area (Å²) in [5.74, 6) is -1.01. The molecule has 3 aliphatic heterocycles. The van der Waals surface area contributed by atoms with Gasteiger partial charge in [-0.2, -0.15) is 0 Å². The summed E-state index contributed by atoms with van der Waals surface area (Å²) in [5, 5.41) is 5.80. The first-order valence-electron chi connectivity index (χ1n) is 21.7. The Kier molecular flexibility index (Phi) is 11.6. The summed E-state index contributed by atoms with van der Waals surface area (Å²) >= 11 is 0. The molecule has 3 saturated heterocycles. The normalized spacial score (nSPS) is 16.7. The Balaban J connectivity index is 0.799. The molecule has 6 aromatic rings. The van der Waals surface area contributed by atoms with Gasteiger partial charge in [-0.1, -0.05) is 42.5 Å². The SMILES string of the molecule is C=C(C)c1ccc(C(=O)Nc2cc(F)cc(-c3ncnc4[nH]c(-c5ccc(C6CCN(CC7CCN(c8ccc(N9CCC(=O)NC9=O)cc8)CC7)CC6)cc5)cc34)c2C)c(F)c1. The quantitative estimate of drug-likeness (QED) is 0.125. The number of carbonyl (C=O) groups excluding carboxylic acids is 3. The van der Waals surface area contributed by atoms with Crippen LogP contribution < -0.4 is 20.4 Å². The predicted octanol–water partition coefficient (Wildman–Crippen LogP) is 9.71. The minimum Gasteiger partial charge on any atom is -0.372 e. The lowest BCUT2D eigenvalue weighted by atomic mass is 9.87. The van der Waals surface area contributed by atoms with E-state index in [4.69, 9.17) is 0 Å². The fraction of sp³-hybridized carbons (Fsp3) is 0.300. The van der Waals surface area contributed by atoms with Crippen LogP contribution >= 0.6 is 0 Å². The zero-order valence-electron chi connectivity index (χ0n) is 35.5.